The Morgan fingerprint density at radius 2 is 1.64 bits per heavy atom. The van der Waals surface area contributed by atoms with E-state index in [1.54, 1.807) is 30.3 Å². The summed E-state index contributed by atoms with van der Waals surface area (Å²) in [5, 5.41) is 0. The molecule has 4 aromatic rings. The highest BCUT2D eigenvalue weighted by molar-refractivity contribution is 7.14. The van der Waals surface area contributed by atoms with Gasteiger partial charge in [-0.15, -0.1) is 11.3 Å². The van der Waals surface area contributed by atoms with Crippen LogP contribution in [0.15, 0.2) is 72.8 Å². The first-order chi connectivity index (χ1) is 17.4. The molecule has 0 fully saturated rings. The molecule has 1 heterocycles. The van der Waals surface area contributed by atoms with Gasteiger partial charge in [0.05, 0.1) is 12.0 Å². The standard InChI is InChI=1S/C28H20F4O3S/c1-34-24-11-8-18(13-19(24)16-35-28-26(31)21(29)15-22(30)27(28)32)7-10-23(33)25-12-9-20(36-25)14-17-5-3-2-4-6-17/h2-13,15H,14,16H2,1H3/b10-7+. The minimum Gasteiger partial charge on any atom is -0.496 e. The van der Waals surface area contributed by atoms with E-state index in [-0.39, 0.29) is 11.8 Å². The molecule has 0 bridgehead atoms. The van der Waals surface area contributed by atoms with E-state index < -0.39 is 35.6 Å². The molecule has 184 valence electrons. The molecular weight excluding hydrogens is 492 g/mol. The van der Waals surface area contributed by atoms with Crippen molar-refractivity contribution in [1.29, 1.82) is 0 Å². The van der Waals surface area contributed by atoms with Crippen molar-refractivity contribution < 1.29 is 31.8 Å². The van der Waals surface area contributed by atoms with Crippen molar-refractivity contribution in [3.05, 3.63) is 123 Å². The highest BCUT2D eigenvalue weighted by Gasteiger charge is 2.21. The Labute approximate surface area is 209 Å². The molecule has 0 unspecified atom stereocenters. The molecule has 0 saturated carbocycles. The van der Waals surface area contributed by atoms with Gasteiger partial charge < -0.3 is 9.47 Å². The number of allylic oxidation sites excluding steroid dienone is 1. The molecule has 4 rings (SSSR count). The molecule has 36 heavy (non-hydrogen) atoms. The number of thiophene rings is 1. The fourth-order valence-electron chi connectivity index (χ4n) is 3.50. The van der Waals surface area contributed by atoms with Crippen LogP contribution in [0.2, 0.25) is 0 Å². The lowest BCUT2D eigenvalue weighted by Gasteiger charge is -2.13. The van der Waals surface area contributed by atoms with E-state index >= 15 is 0 Å². The van der Waals surface area contributed by atoms with Gasteiger partial charge in [-0.05, 0) is 41.5 Å². The van der Waals surface area contributed by atoms with E-state index in [1.807, 2.05) is 36.4 Å². The molecule has 0 amide bonds. The van der Waals surface area contributed by atoms with Crippen molar-refractivity contribution in [3.63, 3.8) is 0 Å². The molecule has 3 nitrogen and oxygen atoms in total. The number of ether oxygens (including phenoxy) is 2. The number of hydrogen-bond acceptors (Lipinski definition) is 4. The van der Waals surface area contributed by atoms with Gasteiger partial charge in [0.15, 0.2) is 23.2 Å². The van der Waals surface area contributed by atoms with Crippen LogP contribution >= 0.6 is 11.3 Å². The Morgan fingerprint density at radius 1 is 0.917 bits per heavy atom. The van der Waals surface area contributed by atoms with Crippen LogP contribution in [-0.4, -0.2) is 12.9 Å². The first-order valence-corrected chi connectivity index (χ1v) is 11.6. The number of rotatable bonds is 9. The normalized spacial score (nSPS) is 11.1. The summed E-state index contributed by atoms with van der Waals surface area (Å²) in [5.74, 6) is -7.38. The van der Waals surface area contributed by atoms with Crippen LogP contribution in [0.25, 0.3) is 6.08 Å². The van der Waals surface area contributed by atoms with Crippen LogP contribution in [0.3, 0.4) is 0 Å². The molecule has 0 atom stereocenters. The van der Waals surface area contributed by atoms with E-state index in [2.05, 4.69) is 0 Å². The number of halogens is 4. The maximum absolute atomic E-state index is 13.9. The fourth-order valence-corrected chi connectivity index (χ4v) is 4.46. The summed E-state index contributed by atoms with van der Waals surface area (Å²) >= 11 is 1.42. The molecule has 0 aliphatic heterocycles. The fraction of sp³-hybridized carbons (Fsp3) is 0.107. The lowest BCUT2D eigenvalue weighted by Crippen LogP contribution is -2.05. The first kappa shape index (κ1) is 25.2. The van der Waals surface area contributed by atoms with Gasteiger partial charge >= 0.3 is 0 Å². The summed E-state index contributed by atoms with van der Waals surface area (Å²) in [4.78, 5) is 14.3. The monoisotopic (exact) mass is 512 g/mol. The predicted octanol–water partition coefficient (Wildman–Crippen LogP) is 7.38. The summed E-state index contributed by atoms with van der Waals surface area (Å²) < 4.78 is 65.0. The van der Waals surface area contributed by atoms with Gasteiger partial charge in [0.1, 0.15) is 12.4 Å². The third-order valence-corrected chi connectivity index (χ3v) is 6.40. The Morgan fingerprint density at radius 3 is 2.33 bits per heavy atom. The molecule has 0 spiro atoms. The third kappa shape index (κ3) is 5.83. The first-order valence-electron chi connectivity index (χ1n) is 10.8. The molecule has 0 aliphatic carbocycles. The number of carbonyl (C=O) groups is 1. The largest absolute Gasteiger partial charge is 0.496 e. The lowest BCUT2D eigenvalue weighted by molar-refractivity contribution is 0.105. The maximum atomic E-state index is 13.9. The minimum atomic E-state index is -1.63. The summed E-state index contributed by atoms with van der Waals surface area (Å²) in [7, 11) is 1.39. The number of ketones is 1. The SMILES string of the molecule is COc1ccc(/C=C/C(=O)c2ccc(Cc3ccccc3)s2)cc1COc1c(F)c(F)cc(F)c1F. The second-order valence-electron chi connectivity index (χ2n) is 7.78. The lowest BCUT2D eigenvalue weighted by atomic mass is 10.1. The molecular formula is C28H20F4O3S. The van der Waals surface area contributed by atoms with Gasteiger partial charge in [-0.25, -0.2) is 8.78 Å². The minimum absolute atomic E-state index is 0.110. The van der Waals surface area contributed by atoms with Crippen LogP contribution in [0.4, 0.5) is 17.6 Å². The molecule has 8 heteroatoms. The summed E-state index contributed by atoms with van der Waals surface area (Å²) in [6, 6.07) is 18.6. The van der Waals surface area contributed by atoms with Crippen molar-refractivity contribution >= 4 is 23.2 Å². The van der Waals surface area contributed by atoms with Crippen molar-refractivity contribution in [3.8, 4) is 11.5 Å². The average molecular weight is 513 g/mol. The quantitative estimate of drug-likeness (QED) is 0.102. The highest BCUT2D eigenvalue weighted by atomic mass is 32.1. The van der Waals surface area contributed by atoms with E-state index in [9.17, 15) is 22.4 Å². The van der Waals surface area contributed by atoms with Crippen molar-refractivity contribution in [2.24, 2.45) is 0 Å². The van der Waals surface area contributed by atoms with Crippen molar-refractivity contribution in [2.45, 2.75) is 13.0 Å². The van der Waals surface area contributed by atoms with Gasteiger partial charge in [0.2, 0.25) is 11.6 Å². The Balaban J connectivity index is 1.47. The zero-order valence-electron chi connectivity index (χ0n) is 19.1. The summed E-state index contributed by atoms with van der Waals surface area (Å²) in [5.41, 5.74) is 2.11. The topological polar surface area (TPSA) is 35.5 Å². The summed E-state index contributed by atoms with van der Waals surface area (Å²) in [6.07, 6.45) is 3.75. The van der Waals surface area contributed by atoms with Gasteiger partial charge in [-0.2, -0.15) is 8.78 Å². The number of methoxy groups -OCH3 is 1. The number of benzene rings is 3. The van der Waals surface area contributed by atoms with E-state index in [4.69, 9.17) is 9.47 Å². The molecule has 1 aromatic heterocycles. The molecule has 0 N–H and O–H groups in total. The van der Waals surface area contributed by atoms with Crippen LogP contribution in [-0.2, 0) is 13.0 Å². The van der Waals surface area contributed by atoms with Gasteiger partial charge in [0.25, 0.3) is 0 Å². The molecule has 3 aromatic carbocycles. The third-order valence-electron chi connectivity index (χ3n) is 5.30. The summed E-state index contributed by atoms with van der Waals surface area (Å²) in [6.45, 7) is -0.427. The zero-order chi connectivity index (χ0) is 25.7. The highest BCUT2D eigenvalue weighted by Crippen LogP contribution is 2.29. The average Bonchev–Trinajstić information content (AvgIpc) is 3.35. The van der Waals surface area contributed by atoms with Crippen molar-refractivity contribution in [2.75, 3.05) is 7.11 Å². The van der Waals surface area contributed by atoms with Crippen LogP contribution in [0, 0.1) is 23.3 Å². The second-order valence-corrected chi connectivity index (χ2v) is 8.95. The Hall–Kier alpha value is -3.91. The van der Waals surface area contributed by atoms with E-state index in [0.29, 0.717) is 21.8 Å². The number of carbonyl (C=O) groups excluding carboxylic acids is 1. The second kappa shape index (κ2) is 11.2. The van der Waals surface area contributed by atoms with Gasteiger partial charge in [-0.3, -0.25) is 4.79 Å². The zero-order valence-corrected chi connectivity index (χ0v) is 19.9. The predicted molar refractivity (Wildman–Crippen MR) is 131 cm³/mol. The smallest absolute Gasteiger partial charge is 0.203 e. The number of hydrogen-bond donors (Lipinski definition) is 0. The van der Waals surface area contributed by atoms with E-state index in [0.717, 1.165) is 16.9 Å². The van der Waals surface area contributed by atoms with Crippen LogP contribution in [0.1, 0.15) is 31.2 Å². The van der Waals surface area contributed by atoms with Crippen molar-refractivity contribution in [1.82, 2.24) is 0 Å². The Bertz CT molecular complexity index is 1390. The molecule has 0 aliphatic rings. The Kier molecular flexibility index (Phi) is 7.85. The maximum Gasteiger partial charge on any atom is 0.203 e. The molecule has 0 saturated heterocycles. The van der Waals surface area contributed by atoms with Crippen LogP contribution < -0.4 is 9.47 Å². The van der Waals surface area contributed by atoms with Crippen LogP contribution in [0.5, 0.6) is 11.5 Å². The van der Waals surface area contributed by atoms with Gasteiger partial charge in [-0.1, -0.05) is 42.5 Å². The molecule has 0 radical (unpaired) electrons. The van der Waals surface area contributed by atoms with E-state index in [1.165, 1.54) is 24.5 Å². The van der Waals surface area contributed by atoms with Gasteiger partial charge in [0, 0.05) is 22.9 Å².